The van der Waals surface area contributed by atoms with Gasteiger partial charge in [0.05, 0.1) is 0 Å². The molecule has 0 heterocycles. The summed E-state index contributed by atoms with van der Waals surface area (Å²) in [7, 11) is 0. The van der Waals surface area contributed by atoms with Crippen LogP contribution in [0.5, 0.6) is 0 Å². The summed E-state index contributed by atoms with van der Waals surface area (Å²) in [5.74, 6) is -0.154. The predicted octanol–water partition coefficient (Wildman–Crippen LogP) is 5.38. The molecule has 0 aliphatic rings. The van der Waals surface area contributed by atoms with E-state index in [9.17, 15) is 4.39 Å². The summed E-state index contributed by atoms with van der Waals surface area (Å²) in [5.41, 5.74) is 3.85. The van der Waals surface area contributed by atoms with Crippen molar-refractivity contribution < 1.29 is 4.39 Å². The van der Waals surface area contributed by atoms with Crippen molar-refractivity contribution in [1.82, 2.24) is 0 Å². The van der Waals surface area contributed by atoms with Gasteiger partial charge >= 0.3 is 0 Å². The van der Waals surface area contributed by atoms with E-state index in [1.165, 1.54) is 0 Å². The summed E-state index contributed by atoms with van der Waals surface area (Å²) in [6.07, 6.45) is 0. The fourth-order valence-corrected chi connectivity index (χ4v) is 2.46. The lowest BCUT2D eigenvalue weighted by atomic mass is 10.1. The van der Waals surface area contributed by atoms with Crippen molar-refractivity contribution in [2.24, 2.45) is 0 Å². The third-order valence-corrected chi connectivity index (χ3v) is 3.75. The zero-order valence-electron chi connectivity index (χ0n) is 11.3. The molecule has 0 saturated carbocycles. The third kappa shape index (κ3) is 3.35. The molecule has 1 N–H and O–H groups in total. The molecule has 1 nitrogen and oxygen atoms in total. The van der Waals surface area contributed by atoms with Gasteiger partial charge in [0, 0.05) is 16.2 Å². The Bertz CT molecular complexity index is 595. The molecule has 0 fully saturated rings. The first-order valence-corrected chi connectivity index (χ1v) is 7.05. The van der Waals surface area contributed by atoms with Gasteiger partial charge in [-0.25, -0.2) is 4.39 Å². The Morgan fingerprint density at radius 1 is 1.05 bits per heavy atom. The van der Waals surface area contributed by atoms with Gasteiger partial charge in [-0.05, 0) is 61.7 Å². The largest absolute Gasteiger partial charge is 0.378 e. The van der Waals surface area contributed by atoms with Crippen LogP contribution in [-0.2, 0) is 0 Å². The van der Waals surface area contributed by atoms with E-state index < -0.39 is 0 Å². The highest BCUT2D eigenvalue weighted by Crippen LogP contribution is 2.25. The average molecular weight is 322 g/mol. The highest BCUT2D eigenvalue weighted by molar-refractivity contribution is 9.10. The molecule has 0 bridgehead atoms. The molecule has 0 radical (unpaired) electrons. The number of anilines is 1. The average Bonchev–Trinajstić information content (AvgIpc) is 2.36. The molecule has 0 aliphatic heterocycles. The number of halogens is 2. The van der Waals surface area contributed by atoms with Gasteiger partial charge < -0.3 is 5.32 Å². The van der Waals surface area contributed by atoms with Crippen LogP contribution in [0.4, 0.5) is 10.1 Å². The van der Waals surface area contributed by atoms with E-state index in [1.807, 2.05) is 31.2 Å². The summed E-state index contributed by atoms with van der Waals surface area (Å²) < 4.78 is 14.6. The van der Waals surface area contributed by atoms with Crippen molar-refractivity contribution in [2.75, 3.05) is 5.32 Å². The fourth-order valence-electron chi connectivity index (χ4n) is 1.98. The number of nitrogens with one attached hydrogen (secondary N) is 1. The monoisotopic (exact) mass is 321 g/mol. The third-order valence-electron chi connectivity index (χ3n) is 3.26. The lowest BCUT2D eigenvalue weighted by Gasteiger charge is -2.18. The summed E-state index contributed by atoms with van der Waals surface area (Å²) in [6, 6.07) is 11.5. The maximum absolute atomic E-state index is 13.6. The van der Waals surface area contributed by atoms with Gasteiger partial charge in [0.25, 0.3) is 0 Å². The van der Waals surface area contributed by atoms with Crippen LogP contribution >= 0.6 is 15.9 Å². The minimum Gasteiger partial charge on any atom is -0.378 e. The zero-order chi connectivity index (χ0) is 14.0. The van der Waals surface area contributed by atoms with Gasteiger partial charge in [0.15, 0.2) is 0 Å². The van der Waals surface area contributed by atoms with E-state index in [1.54, 1.807) is 13.0 Å². The first-order valence-electron chi connectivity index (χ1n) is 6.26. The number of benzene rings is 2. The number of aryl methyl sites for hydroxylation is 2. The van der Waals surface area contributed by atoms with Gasteiger partial charge in [-0.2, -0.15) is 0 Å². The summed E-state index contributed by atoms with van der Waals surface area (Å²) in [6.45, 7) is 5.86. The Morgan fingerprint density at radius 3 is 2.42 bits per heavy atom. The molecule has 1 unspecified atom stereocenters. The molecular formula is C16H17BrFN. The molecule has 0 aromatic heterocycles. The Hall–Kier alpha value is -1.35. The second kappa shape index (κ2) is 5.74. The number of rotatable bonds is 3. The normalized spacial score (nSPS) is 12.3. The summed E-state index contributed by atoms with van der Waals surface area (Å²) in [5, 5.41) is 3.41. The molecule has 0 spiro atoms. The molecule has 2 aromatic carbocycles. The highest BCUT2D eigenvalue weighted by Gasteiger charge is 2.09. The number of hydrogen-bond acceptors (Lipinski definition) is 1. The maximum Gasteiger partial charge on any atom is 0.126 e. The van der Waals surface area contributed by atoms with Crippen molar-refractivity contribution in [2.45, 2.75) is 26.8 Å². The maximum atomic E-state index is 13.6. The van der Waals surface area contributed by atoms with Crippen molar-refractivity contribution in [3.05, 3.63) is 63.4 Å². The summed E-state index contributed by atoms with van der Waals surface area (Å²) >= 11 is 3.45. The smallest absolute Gasteiger partial charge is 0.126 e. The van der Waals surface area contributed by atoms with Gasteiger partial charge in [-0.3, -0.25) is 0 Å². The van der Waals surface area contributed by atoms with Crippen LogP contribution in [0, 0.1) is 19.7 Å². The molecule has 1 atom stereocenters. The van der Waals surface area contributed by atoms with E-state index in [-0.39, 0.29) is 11.9 Å². The molecular weight excluding hydrogens is 305 g/mol. The second-order valence-electron chi connectivity index (χ2n) is 4.83. The van der Waals surface area contributed by atoms with Crippen LogP contribution in [0.1, 0.15) is 29.7 Å². The lowest BCUT2D eigenvalue weighted by Crippen LogP contribution is -2.08. The van der Waals surface area contributed by atoms with E-state index in [4.69, 9.17) is 0 Å². The van der Waals surface area contributed by atoms with Gasteiger partial charge in [0.1, 0.15) is 5.82 Å². The molecule has 0 amide bonds. The Kier molecular flexibility index (Phi) is 4.25. The van der Waals surface area contributed by atoms with E-state index in [0.717, 1.165) is 21.3 Å². The number of hydrogen-bond donors (Lipinski definition) is 1. The van der Waals surface area contributed by atoms with Crippen LogP contribution in [0.25, 0.3) is 0 Å². The van der Waals surface area contributed by atoms with Crippen molar-refractivity contribution in [1.29, 1.82) is 0 Å². The van der Waals surface area contributed by atoms with E-state index >= 15 is 0 Å². The Labute approximate surface area is 122 Å². The van der Waals surface area contributed by atoms with Gasteiger partial charge in [-0.1, -0.05) is 28.1 Å². The van der Waals surface area contributed by atoms with Crippen molar-refractivity contribution >= 4 is 21.6 Å². The van der Waals surface area contributed by atoms with Gasteiger partial charge in [-0.15, -0.1) is 0 Å². The molecule has 2 aromatic rings. The van der Waals surface area contributed by atoms with Crippen LogP contribution in [-0.4, -0.2) is 0 Å². The molecule has 19 heavy (non-hydrogen) atoms. The lowest BCUT2D eigenvalue weighted by molar-refractivity contribution is 0.614. The molecule has 0 aliphatic carbocycles. The van der Waals surface area contributed by atoms with Crippen molar-refractivity contribution in [3.63, 3.8) is 0 Å². The van der Waals surface area contributed by atoms with Crippen LogP contribution in [0.2, 0.25) is 0 Å². The topological polar surface area (TPSA) is 12.0 Å². The van der Waals surface area contributed by atoms with Gasteiger partial charge in [0.2, 0.25) is 0 Å². The SMILES string of the molecule is Cc1ccc(C(C)Nc2ccc(Br)cc2C)cc1F. The quantitative estimate of drug-likeness (QED) is 0.800. The van der Waals surface area contributed by atoms with Crippen LogP contribution < -0.4 is 5.32 Å². The molecule has 3 heteroatoms. The second-order valence-corrected chi connectivity index (χ2v) is 5.75. The van der Waals surface area contributed by atoms with E-state index in [0.29, 0.717) is 5.56 Å². The minimum absolute atomic E-state index is 0.0648. The first-order chi connectivity index (χ1) is 8.97. The fraction of sp³-hybridized carbons (Fsp3) is 0.250. The molecule has 0 saturated heterocycles. The Balaban J connectivity index is 2.20. The highest BCUT2D eigenvalue weighted by atomic mass is 79.9. The zero-order valence-corrected chi connectivity index (χ0v) is 12.9. The minimum atomic E-state index is -0.154. The first kappa shape index (κ1) is 14.1. The predicted molar refractivity (Wildman–Crippen MR) is 82.1 cm³/mol. The standard InChI is InChI=1S/C16H17BrFN/c1-10-4-5-13(9-15(10)18)12(3)19-16-7-6-14(17)8-11(16)2/h4-9,12,19H,1-3H3. The van der Waals surface area contributed by atoms with Crippen molar-refractivity contribution in [3.8, 4) is 0 Å². The van der Waals surface area contributed by atoms with Crippen LogP contribution in [0.15, 0.2) is 40.9 Å². The Morgan fingerprint density at radius 2 is 1.79 bits per heavy atom. The summed E-state index contributed by atoms with van der Waals surface area (Å²) in [4.78, 5) is 0. The molecule has 100 valence electrons. The van der Waals surface area contributed by atoms with E-state index in [2.05, 4.69) is 34.2 Å². The molecule has 2 rings (SSSR count). The van der Waals surface area contributed by atoms with Crippen LogP contribution in [0.3, 0.4) is 0 Å².